The molecule has 0 atom stereocenters. The highest BCUT2D eigenvalue weighted by molar-refractivity contribution is 5.50. The summed E-state index contributed by atoms with van der Waals surface area (Å²) >= 11 is 0. The van der Waals surface area contributed by atoms with Crippen molar-refractivity contribution in [3.63, 3.8) is 0 Å². The zero-order valence-corrected chi connectivity index (χ0v) is 14.7. The predicted molar refractivity (Wildman–Crippen MR) is 97.8 cm³/mol. The van der Waals surface area contributed by atoms with E-state index in [4.69, 9.17) is 4.52 Å². The predicted octanol–water partition coefficient (Wildman–Crippen LogP) is 1.87. The van der Waals surface area contributed by atoms with E-state index in [1.807, 2.05) is 33.6 Å². The van der Waals surface area contributed by atoms with Crippen molar-refractivity contribution in [2.24, 2.45) is 0 Å². The van der Waals surface area contributed by atoms with Gasteiger partial charge in [0.2, 0.25) is 5.89 Å². The van der Waals surface area contributed by atoms with Gasteiger partial charge in [0.25, 0.3) is 0 Å². The molecule has 3 aromatic heterocycles. The molecule has 0 amide bonds. The summed E-state index contributed by atoms with van der Waals surface area (Å²) in [6.07, 6.45) is 4.34. The second-order valence-corrected chi connectivity index (χ2v) is 6.57. The van der Waals surface area contributed by atoms with Crippen LogP contribution in [0.4, 0.5) is 0 Å². The Morgan fingerprint density at radius 3 is 3.00 bits per heavy atom. The average molecular weight is 361 g/mol. The van der Waals surface area contributed by atoms with Gasteiger partial charge in [-0.1, -0.05) is 35.5 Å². The lowest BCUT2D eigenvalue weighted by Crippen LogP contribution is -2.28. The Morgan fingerprint density at radius 1 is 1.19 bits per heavy atom. The highest BCUT2D eigenvalue weighted by Crippen LogP contribution is 2.20. The fraction of sp³-hybridized carbons (Fsp3) is 0.263. The van der Waals surface area contributed by atoms with Gasteiger partial charge in [-0.25, -0.2) is 4.98 Å². The van der Waals surface area contributed by atoms with Crippen LogP contribution in [0.5, 0.6) is 0 Å². The first kappa shape index (κ1) is 16.0. The van der Waals surface area contributed by atoms with Gasteiger partial charge in [-0.2, -0.15) is 10.1 Å². The zero-order chi connectivity index (χ0) is 18.1. The van der Waals surface area contributed by atoms with E-state index in [1.54, 1.807) is 6.20 Å². The second kappa shape index (κ2) is 6.81. The largest absolute Gasteiger partial charge is 0.337 e. The van der Waals surface area contributed by atoms with Crippen LogP contribution in [0.3, 0.4) is 0 Å². The van der Waals surface area contributed by atoms with Gasteiger partial charge in [-0.05, 0) is 11.6 Å². The van der Waals surface area contributed by atoms with Crippen LogP contribution in [0.15, 0.2) is 53.3 Å². The smallest absolute Gasteiger partial charge is 0.246 e. The molecule has 0 saturated carbocycles. The number of rotatable bonds is 5. The van der Waals surface area contributed by atoms with E-state index in [2.05, 4.69) is 43.7 Å². The first-order valence-electron chi connectivity index (χ1n) is 8.99. The van der Waals surface area contributed by atoms with Gasteiger partial charge in [0.05, 0.1) is 12.2 Å². The van der Waals surface area contributed by atoms with Gasteiger partial charge in [-0.3, -0.25) is 4.68 Å². The molecule has 0 radical (unpaired) electrons. The summed E-state index contributed by atoms with van der Waals surface area (Å²) in [5.74, 6) is 2.05. The first-order chi connectivity index (χ1) is 13.3. The topological polar surface area (TPSA) is 86.6 Å². The number of benzene rings is 1. The molecule has 0 saturated heterocycles. The molecule has 0 bridgehead atoms. The standard InChI is InChI=1S/C19H19N7O/c1-2-4-14(5-3-1)10-17-22-18(27-24-17)13-25-8-7-21-19(25)16-11-15-12-20-6-9-26(15)23-16/h1-5,7-8,11,20H,6,9-10,12-13H2. The number of fused-ring (bicyclic) bond motifs is 1. The maximum absolute atomic E-state index is 5.44. The van der Waals surface area contributed by atoms with Gasteiger partial charge in [-0.15, -0.1) is 0 Å². The van der Waals surface area contributed by atoms with E-state index in [0.717, 1.165) is 36.7 Å². The summed E-state index contributed by atoms with van der Waals surface area (Å²) in [4.78, 5) is 9.00. The minimum atomic E-state index is 0.470. The monoisotopic (exact) mass is 361 g/mol. The highest BCUT2D eigenvalue weighted by Gasteiger charge is 2.17. The molecule has 0 spiro atoms. The number of hydrogen-bond donors (Lipinski definition) is 1. The van der Waals surface area contributed by atoms with Crippen LogP contribution in [0, 0.1) is 0 Å². The van der Waals surface area contributed by atoms with Crippen molar-refractivity contribution < 1.29 is 4.52 Å². The molecule has 5 rings (SSSR count). The summed E-state index contributed by atoms with van der Waals surface area (Å²) in [5.41, 5.74) is 3.20. The van der Waals surface area contributed by atoms with Crippen molar-refractivity contribution in [2.45, 2.75) is 26.1 Å². The number of aromatic nitrogens is 6. The molecule has 27 heavy (non-hydrogen) atoms. The number of hydrogen-bond acceptors (Lipinski definition) is 6. The third-order valence-electron chi connectivity index (χ3n) is 4.64. The van der Waals surface area contributed by atoms with Crippen molar-refractivity contribution in [3.05, 3.63) is 71.8 Å². The van der Waals surface area contributed by atoms with Gasteiger partial charge in [0.1, 0.15) is 12.2 Å². The molecule has 1 N–H and O–H groups in total. The lowest BCUT2D eigenvalue weighted by molar-refractivity contribution is 0.367. The molecule has 1 aromatic carbocycles. The molecule has 0 unspecified atom stereocenters. The number of nitrogens with one attached hydrogen (secondary N) is 1. The number of nitrogens with zero attached hydrogens (tertiary/aromatic N) is 6. The zero-order valence-electron chi connectivity index (χ0n) is 14.7. The molecule has 8 nitrogen and oxygen atoms in total. The molecule has 1 aliphatic heterocycles. The Kier molecular flexibility index (Phi) is 4.02. The van der Waals surface area contributed by atoms with Crippen LogP contribution in [-0.2, 0) is 26.1 Å². The average Bonchev–Trinajstić information content (AvgIpc) is 3.42. The summed E-state index contributed by atoms with van der Waals surface area (Å²) in [6, 6.07) is 12.2. The van der Waals surface area contributed by atoms with E-state index in [1.165, 1.54) is 5.69 Å². The maximum Gasteiger partial charge on any atom is 0.246 e. The molecular formula is C19H19N7O. The van der Waals surface area contributed by atoms with Crippen LogP contribution in [0.1, 0.15) is 23.0 Å². The third-order valence-corrected chi connectivity index (χ3v) is 4.64. The van der Waals surface area contributed by atoms with E-state index in [0.29, 0.717) is 24.7 Å². The molecule has 1 aliphatic rings. The molecule has 0 fully saturated rings. The summed E-state index contributed by atoms with van der Waals surface area (Å²) in [6.45, 7) is 3.12. The van der Waals surface area contributed by atoms with Gasteiger partial charge in [0.15, 0.2) is 11.6 Å². The second-order valence-electron chi connectivity index (χ2n) is 6.57. The fourth-order valence-electron chi connectivity index (χ4n) is 3.32. The molecule has 4 heterocycles. The molecule has 0 aliphatic carbocycles. The maximum atomic E-state index is 5.44. The molecular weight excluding hydrogens is 342 g/mol. The molecule has 4 aromatic rings. The summed E-state index contributed by atoms with van der Waals surface area (Å²) in [7, 11) is 0. The van der Waals surface area contributed by atoms with Crippen molar-refractivity contribution in [3.8, 4) is 11.5 Å². The quantitative estimate of drug-likeness (QED) is 0.584. The Balaban J connectivity index is 1.35. The minimum Gasteiger partial charge on any atom is -0.337 e. The first-order valence-corrected chi connectivity index (χ1v) is 8.99. The fourth-order valence-corrected chi connectivity index (χ4v) is 3.32. The van der Waals surface area contributed by atoms with Gasteiger partial charge >= 0.3 is 0 Å². The van der Waals surface area contributed by atoms with E-state index >= 15 is 0 Å². The van der Waals surface area contributed by atoms with Gasteiger partial charge in [0, 0.05) is 31.9 Å². The molecule has 8 heteroatoms. The lowest BCUT2D eigenvalue weighted by Gasteiger charge is -2.13. The molecule has 136 valence electrons. The Bertz CT molecular complexity index is 1020. The van der Waals surface area contributed by atoms with Crippen LogP contribution < -0.4 is 5.32 Å². The lowest BCUT2D eigenvalue weighted by atomic mass is 10.1. The van der Waals surface area contributed by atoms with Crippen LogP contribution in [0.2, 0.25) is 0 Å². The van der Waals surface area contributed by atoms with Gasteiger partial charge < -0.3 is 14.4 Å². The Labute approximate surface area is 155 Å². The van der Waals surface area contributed by atoms with Crippen molar-refractivity contribution in [1.29, 1.82) is 0 Å². The highest BCUT2D eigenvalue weighted by atomic mass is 16.5. The summed E-state index contributed by atoms with van der Waals surface area (Å²) < 4.78 is 9.46. The third kappa shape index (κ3) is 3.26. The van der Waals surface area contributed by atoms with E-state index in [9.17, 15) is 0 Å². The summed E-state index contributed by atoms with van der Waals surface area (Å²) in [5, 5.41) is 12.1. The van der Waals surface area contributed by atoms with E-state index in [-0.39, 0.29) is 0 Å². The minimum absolute atomic E-state index is 0.470. The van der Waals surface area contributed by atoms with Crippen molar-refractivity contribution >= 4 is 0 Å². The van der Waals surface area contributed by atoms with Crippen LogP contribution >= 0.6 is 0 Å². The van der Waals surface area contributed by atoms with Crippen molar-refractivity contribution in [1.82, 2.24) is 34.8 Å². The van der Waals surface area contributed by atoms with Crippen LogP contribution in [-0.4, -0.2) is 36.0 Å². The van der Waals surface area contributed by atoms with Crippen molar-refractivity contribution in [2.75, 3.05) is 6.54 Å². The Hall–Kier alpha value is -3.26. The van der Waals surface area contributed by atoms with E-state index < -0.39 is 0 Å². The normalized spacial score (nSPS) is 13.6. The Morgan fingerprint density at radius 2 is 2.11 bits per heavy atom. The number of imidazole rings is 1. The van der Waals surface area contributed by atoms with Crippen LogP contribution in [0.25, 0.3) is 11.5 Å². The SMILES string of the molecule is c1ccc(Cc2noc(Cn3ccnc3-c3cc4n(n3)CCNC4)n2)cc1.